The Morgan fingerprint density at radius 1 is 1.26 bits per heavy atom. The van der Waals surface area contributed by atoms with Gasteiger partial charge in [-0.15, -0.1) is 0 Å². The summed E-state index contributed by atoms with van der Waals surface area (Å²) in [6.45, 7) is -0.0810. The fourth-order valence-electron chi connectivity index (χ4n) is 2.45. The van der Waals surface area contributed by atoms with E-state index in [1.165, 1.54) is 42.9 Å². The van der Waals surface area contributed by atoms with Crippen LogP contribution in [0.15, 0.2) is 42.9 Å². The highest BCUT2D eigenvalue weighted by Gasteiger charge is 2.38. The van der Waals surface area contributed by atoms with Gasteiger partial charge in [0.1, 0.15) is 11.4 Å². The first-order valence-electron chi connectivity index (χ1n) is 9.23. The number of carboxylic acid groups (broad SMARTS) is 1. The number of imidazole rings is 1. The van der Waals surface area contributed by atoms with E-state index in [9.17, 15) is 22.4 Å². The molecule has 14 heteroatoms. The first kappa shape index (κ1) is 27.4. The summed E-state index contributed by atoms with van der Waals surface area (Å²) < 4.78 is 53.7. The Balaban J connectivity index is 0.000000540. The van der Waals surface area contributed by atoms with Gasteiger partial charge in [-0.05, 0) is 24.3 Å². The van der Waals surface area contributed by atoms with Crippen LogP contribution in [0.2, 0.25) is 10.0 Å². The van der Waals surface area contributed by atoms with Gasteiger partial charge >= 0.3 is 12.1 Å². The number of carbonyl (C=O) groups is 2. The van der Waals surface area contributed by atoms with E-state index >= 15 is 0 Å². The number of carboxylic acids is 1. The van der Waals surface area contributed by atoms with E-state index in [1.54, 1.807) is 11.6 Å². The molecule has 0 atom stereocenters. The lowest BCUT2D eigenvalue weighted by Crippen LogP contribution is -2.25. The standard InChI is InChI=1S/C19H13Cl2FN4O2.C2HF3O2/c1-26-10-24-9-16(26)19(27)25-8-12-2-3-15(21)18(17(12)22)28-14-5-11(7-23)4-13(20)6-14;3-2(4,5)1(6)7/h2-6,9-10H,8H2,1H3,(H,25,27);(H,6,7). The van der Waals surface area contributed by atoms with Crippen LogP contribution in [-0.2, 0) is 18.4 Å². The lowest BCUT2D eigenvalue weighted by atomic mass is 10.2. The predicted molar refractivity (Wildman–Crippen MR) is 116 cm³/mol. The van der Waals surface area contributed by atoms with Crippen LogP contribution in [0, 0.1) is 17.1 Å². The normalized spacial score (nSPS) is 10.6. The first-order chi connectivity index (χ1) is 16.3. The first-order valence-corrected chi connectivity index (χ1v) is 9.99. The van der Waals surface area contributed by atoms with Gasteiger partial charge in [0.15, 0.2) is 11.6 Å². The van der Waals surface area contributed by atoms with Crippen molar-refractivity contribution in [2.45, 2.75) is 12.7 Å². The zero-order valence-electron chi connectivity index (χ0n) is 17.5. The molecule has 0 saturated heterocycles. The summed E-state index contributed by atoms with van der Waals surface area (Å²) >= 11 is 12.0. The molecule has 184 valence electrons. The molecule has 0 aliphatic carbocycles. The Hall–Kier alpha value is -3.82. The fourth-order valence-corrected chi connectivity index (χ4v) is 2.86. The van der Waals surface area contributed by atoms with Crippen molar-refractivity contribution in [3.8, 4) is 17.6 Å². The smallest absolute Gasteiger partial charge is 0.475 e. The van der Waals surface area contributed by atoms with Crippen LogP contribution in [0.5, 0.6) is 11.5 Å². The highest BCUT2D eigenvalue weighted by Crippen LogP contribution is 2.35. The van der Waals surface area contributed by atoms with E-state index in [4.69, 9.17) is 43.1 Å². The van der Waals surface area contributed by atoms with Gasteiger partial charge in [-0.3, -0.25) is 4.79 Å². The average Bonchev–Trinajstić information content (AvgIpc) is 3.21. The zero-order valence-corrected chi connectivity index (χ0v) is 19.0. The van der Waals surface area contributed by atoms with Crippen LogP contribution in [-0.4, -0.2) is 32.7 Å². The number of hydrogen-bond acceptors (Lipinski definition) is 5. The summed E-state index contributed by atoms with van der Waals surface area (Å²) in [7, 11) is 1.68. The maximum absolute atomic E-state index is 14.9. The minimum atomic E-state index is -5.08. The second-order valence-corrected chi connectivity index (χ2v) is 7.46. The third-order valence-corrected chi connectivity index (χ3v) is 4.60. The summed E-state index contributed by atoms with van der Waals surface area (Å²) in [4.78, 5) is 24.9. The molecular formula is C21H14Cl2F4N4O4. The van der Waals surface area contributed by atoms with E-state index in [2.05, 4.69) is 10.3 Å². The number of aryl methyl sites for hydroxylation is 1. The molecule has 0 saturated carbocycles. The van der Waals surface area contributed by atoms with Crippen molar-refractivity contribution < 1.29 is 37.0 Å². The summed E-state index contributed by atoms with van der Waals surface area (Å²) in [5.74, 6) is -3.94. The van der Waals surface area contributed by atoms with Gasteiger partial charge in [0.05, 0.1) is 29.2 Å². The number of rotatable bonds is 5. The van der Waals surface area contributed by atoms with Gasteiger partial charge in [0.2, 0.25) is 0 Å². The average molecular weight is 533 g/mol. The minimum absolute atomic E-state index is 0.0395. The summed E-state index contributed by atoms with van der Waals surface area (Å²) in [5, 5.41) is 19.1. The van der Waals surface area contributed by atoms with Crippen molar-refractivity contribution in [3.05, 3.63) is 75.5 Å². The Bertz CT molecular complexity index is 1290. The molecule has 0 aliphatic heterocycles. The van der Waals surface area contributed by atoms with Gasteiger partial charge in [0.25, 0.3) is 5.91 Å². The molecule has 0 unspecified atom stereocenters. The molecule has 1 heterocycles. The van der Waals surface area contributed by atoms with Gasteiger partial charge in [0, 0.05) is 24.2 Å². The number of amides is 1. The van der Waals surface area contributed by atoms with Crippen molar-refractivity contribution >= 4 is 35.1 Å². The second kappa shape index (κ2) is 11.5. The van der Waals surface area contributed by atoms with Crippen molar-refractivity contribution in [2.24, 2.45) is 7.05 Å². The molecule has 35 heavy (non-hydrogen) atoms. The van der Waals surface area contributed by atoms with Crippen molar-refractivity contribution in [2.75, 3.05) is 0 Å². The number of hydrogen-bond donors (Lipinski definition) is 2. The van der Waals surface area contributed by atoms with Gasteiger partial charge in [-0.25, -0.2) is 14.2 Å². The Morgan fingerprint density at radius 3 is 2.46 bits per heavy atom. The monoisotopic (exact) mass is 532 g/mol. The molecular weight excluding hydrogens is 519 g/mol. The van der Waals surface area contributed by atoms with Gasteiger partial charge < -0.3 is 19.7 Å². The third-order valence-electron chi connectivity index (χ3n) is 4.08. The van der Waals surface area contributed by atoms with E-state index in [-0.39, 0.29) is 39.2 Å². The van der Waals surface area contributed by atoms with Crippen LogP contribution < -0.4 is 10.1 Å². The Morgan fingerprint density at radius 2 is 1.91 bits per heavy atom. The Kier molecular flexibility index (Phi) is 9.05. The topological polar surface area (TPSA) is 117 Å². The Labute approximate surface area is 205 Å². The van der Waals surface area contributed by atoms with Gasteiger partial charge in [-0.2, -0.15) is 18.4 Å². The molecule has 0 fully saturated rings. The fraction of sp³-hybridized carbons (Fsp3) is 0.143. The molecule has 0 radical (unpaired) electrons. The maximum Gasteiger partial charge on any atom is 0.490 e. The molecule has 8 nitrogen and oxygen atoms in total. The van der Waals surface area contributed by atoms with Crippen LogP contribution in [0.4, 0.5) is 17.6 Å². The zero-order chi connectivity index (χ0) is 26.3. The highest BCUT2D eigenvalue weighted by atomic mass is 35.5. The largest absolute Gasteiger partial charge is 0.490 e. The van der Waals surface area contributed by atoms with E-state index < -0.39 is 23.9 Å². The van der Waals surface area contributed by atoms with E-state index in [1.807, 2.05) is 6.07 Å². The predicted octanol–water partition coefficient (Wildman–Crippen LogP) is 5.09. The van der Waals surface area contributed by atoms with Crippen LogP contribution >= 0.6 is 23.2 Å². The number of benzene rings is 2. The molecule has 1 amide bonds. The van der Waals surface area contributed by atoms with E-state index in [0.29, 0.717) is 5.69 Å². The number of nitrogens with one attached hydrogen (secondary N) is 1. The number of aliphatic carboxylic acids is 1. The van der Waals surface area contributed by atoms with Crippen molar-refractivity contribution in [1.29, 1.82) is 5.26 Å². The number of halogens is 6. The lowest BCUT2D eigenvalue weighted by molar-refractivity contribution is -0.192. The molecule has 2 aromatic carbocycles. The minimum Gasteiger partial charge on any atom is -0.475 e. The summed E-state index contributed by atoms with van der Waals surface area (Å²) in [6, 6.07) is 9.16. The van der Waals surface area contributed by atoms with Crippen LogP contribution in [0.25, 0.3) is 0 Å². The van der Waals surface area contributed by atoms with Crippen LogP contribution in [0.3, 0.4) is 0 Å². The lowest BCUT2D eigenvalue weighted by Gasteiger charge is -2.13. The molecule has 1 aromatic heterocycles. The quantitative estimate of drug-likeness (QED) is 0.442. The number of ether oxygens (including phenoxy) is 1. The summed E-state index contributed by atoms with van der Waals surface area (Å²) in [5.41, 5.74) is 0.782. The van der Waals surface area contributed by atoms with Crippen LogP contribution in [0.1, 0.15) is 21.6 Å². The van der Waals surface area contributed by atoms with Gasteiger partial charge in [-0.1, -0.05) is 29.3 Å². The highest BCUT2D eigenvalue weighted by molar-refractivity contribution is 6.32. The number of alkyl halides is 3. The van der Waals surface area contributed by atoms with Crippen molar-refractivity contribution in [1.82, 2.24) is 14.9 Å². The number of carbonyl (C=O) groups excluding carboxylic acids is 1. The van der Waals surface area contributed by atoms with Crippen molar-refractivity contribution in [3.63, 3.8) is 0 Å². The SMILES string of the molecule is Cn1cncc1C(=O)NCc1ccc(Cl)c(Oc2cc(Cl)cc(C#N)c2)c1F.O=C(O)C(F)(F)F. The molecule has 3 aromatic rings. The molecule has 0 spiro atoms. The second-order valence-electron chi connectivity index (χ2n) is 6.61. The third kappa shape index (κ3) is 7.59. The maximum atomic E-state index is 14.9. The molecule has 2 N–H and O–H groups in total. The number of aromatic nitrogens is 2. The molecule has 0 bridgehead atoms. The van der Waals surface area contributed by atoms with E-state index in [0.717, 1.165) is 0 Å². The number of nitrogens with zero attached hydrogens (tertiary/aromatic N) is 3. The summed E-state index contributed by atoms with van der Waals surface area (Å²) in [6.07, 6.45) is -2.18. The molecule has 3 rings (SSSR count). The molecule has 0 aliphatic rings. The number of nitriles is 1.